The maximum atomic E-state index is 12.1. The van der Waals surface area contributed by atoms with Crippen LogP contribution in [0.2, 0.25) is 0 Å². The summed E-state index contributed by atoms with van der Waals surface area (Å²) in [5, 5.41) is 10.6. The van der Waals surface area contributed by atoms with E-state index in [-0.39, 0.29) is 5.97 Å². The molecule has 0 fully saturated rings. The minimum absolute atomic E-state index is 0.331. The van der Waals surface area contributed by atoms with Crippen molar-refractivity contribution in [2.45, 2.75) is 50.9 Å². The second kappa shape index (κ2) is 9.62. The number of benzene rings is 2. The van der Waals surface area contributed by atoms with Gasteiger partial charge in [-0.3, -0.25) is 0 Å². The summed E-state index contributed by atoms with van der Waals surface area (Å²) in [6.07, 6.45) is 0. The highest BCUT2D eigenvalue weighted by molar-refractivity contribution is 7.98. The van der Waals surface area contributed by atoms with Gasteiger partial charge in [-0.2, -0.15) is 0 Å². The Morgan fingerprint density at radius 1 is 1.10 bits per heavy atom. The number of nitrogens with zero attached hydrogens (tertiary/aromatic N) is 2. The predicted octanol–water partition coefficient (Wildman–Crippen LogP) is 5.83. The molecule has 0 atom stereocenters. The first-order valence-corrected chi connectivity index (χ1v) is 11.6. The van der Waals surface area contributed by atoms with Crippen LogP contribution in [0.1, 0.15) is 36.9 Å². The van der Waals surface area contributed by atoms with Crippen molar-refractivity contribution in [2.24, 2.45) is 0 Å². The molecule has 1 heterocycles. The molecule has 1 aromatic heterocycles. The van der Waals surface area contributed by atoms with Gasteiger partial charge in [-0.25, -0.2) is 4.79 Å². The van der Waals surface area contributed by atoms with Gasteiger partial charge in [0, 0.05) is 10.5 Å². The Labute approximate surface area is 185 Å². The SMILES string of the molecule is CCOC(=O)C(C)(C)Oc1ccc(SCc2nnc(-c3ccc(C)cc3)s2)cc1C. The summed E-state index contributed by atoms with van der Waals surface area (Å²) in [6.45, 7) is 9.59. The van der Waals surface area contributed by atoms with Gasteiger partial charge in [0.2, 0.25) is 0 Å². The van der Waals surface area contributed by atoms with Crippen LogP contribution in [0, 0.1) is 13.8 Å². The van der Waals surface area contributed by atoms with Gasteiger partial charge in [0.05, 0.1) is 12.4 Å². The summed E-state index contributed by atoms with van der Waals surface area (Å²) in [6, 6.07) is 14.3. The molecule has 0 aliphatic heterocycles. The van der Waals surface area contributed by atoms with E-state index in [1.807, 2.05) is 19.1 Å². The van der Waals surface area contributed by atoms with Crippen molar-refractivity contribution >= 4 is 29.1 Å². The summed E-state index contributed by atoms with van der Waals surface area (Å²) in [5.74, 6) is 1.05. The van der Waals surface area contributed by atoms with E-state index in [0.717, 1.165) is 31.8 Å². The van der Waals surface area contributed by atoms with Crippen LogP contribution in [-0.4, -0.2) is 28.4 Å². The maximum absolute atomic E-state index is 12.1. The number of esters is 1. The molecule has 0 N–H and O–H groups in total. The number of thioether (sulfide) groups is 1. The number of carbonyl (C=O) groups is 1. The summed E-state index contributed by atoms with van der Waals surface area (Å²) in [7, 11) is 0. The van der Waals surface area contributed by atoms with Gasteiger partial charge < -0.3 is 9.47 Å². The zero-order chi connectivity index (χ0) is 21.7. The molecule has 0 unspecified atom stereocenters. The number of aryl methyl sites for hydroxylation is 2. The normalized spacial score (nSPS) is 11.4. The Hall–Kier alpha value is -2.38. The van der Waals surface area contributed by atoms with Crippen molar-refractivity contribution < 1.29 is 14.3 Å². The third-order valence-electron chi connectivity index (χ3n) is 4.41. The molecule has 0 bridgehead atoms. The standard InChI is InChI=1S/C23H26N2O3S2/c1-6-27-22(26)23(4,5)28-19-12-11-18(13-16(19)3)29-14-20-24-25-21(30-20)17-9-7-15(2)8-10-17/h7-13H,6,14H2,1-5H3. The molecule has 0 saturated carbocycles. The van der Waals surface area contributed by atoms with Crippen molar-refractivity contribution in [3.05, 3.63) is 58.6 Å². The Morgan fingerprint density at radius 3 is 2.50 bits per heavy atom. The lowest BCUT2D eigenvalue weighted by Crippen LogP contribution is -2.39. The summed E-state index contributed by atoms with van der Waals surface area (Å²) in [5.41, 5.74) is 2.26. The molecular formula is C23H26N2O3S2. The fourth-order valence-corrected chi connectivity index (χ4v) is 4.54. The molecule has 30 heavy (non-hydrogen) atoms. The summed E-state index contributed by atoms with van der Waals surface area (Å²) < 4.78 is 11.0. The molecule has 158 valence electrons. The van der Waals surface area contributed by atoms with Crippen LogP contribution in [0.25, 0.3) is 10.6 Å². The lowest BCUT2D eigenvalue weighted by atomic mass is 10.1. The topological polar surface area (TPSA) is 61.3 Å². The second-order valence-corrected chi connectivity index (χ2v) is 9.53. The highest BCUT2D eigenvalue weighted by Crippen LogP contribution is 2.32. The van der Waals surface area contributed by atoms with Crippen LogP contribution < -0.4 is 4.74 Å². The van der Waals surface area contributed by atoms with E-state index < -0.39 is 5.60 Å². The molecule has 0 amide bonds. The highest BCUT2D eigenvalue weighted by atomic mass is 32.2. The van der Waals surface area contributed by atoms with Crippen molar-refractivity contribution in [3.63, 3.8) is 0 Å². The molecule has 2 aromatic carbocycles. The van der Waals surface area contributed by atoms with E-state index in [1.54, 1.807) is 43.9 Å². The van der Waals surface area contributed by atoms with Gasteiger partial charge in [0.15, 0.2) is 5.60 Å². The number of hydrogen-bond donors (Lipinski definition) is 0. The molecule has 5 nitrogen and oxygen atoms in total. The Morgan fingerprint density at radius 2 is 1.83 bits per heavy atom. The van der Waals surface area contributed by atoms with Gasteiger partial charge >= 0.3 is 5.97 Å². The third-order valence-corrected chi connectivity index (χ3v) is 6.57. The molecule has 0 spiro atoms. The lowest BCUT2D eigenvalue weighted by molar-refractivity contribution is -0.158. The van der Waals surface area contributed by atoms with Crippen LogP contribution in [-0.2, 0) is 15.3 Å². The number of ether oxygens (including phenoxy) is 2. The lowest BCUT2D eigenvalue weighted by Gasteiger charge is -2.25. The van der Waals surface area contributed by atoms with Crippen LogP contribution >= 0.6 is 23.1 Å². The largest absolute Gasteiger partial charge is 0.476 e. The van der Waals surface area contributed by atoms with E-state index >= 15 is 0 Å². The van der Waals surface area contributed by atoms with Gasteiger partial charge in [-0.15, -0.1) is 22.0 Å². The van der Waals surface area contributed by atoms with Gasteiger partial charge in [-0.1, -0.05) is 41.2 Å². The fourth-order valence-electron chi connectivity index (χ4n) is 2.72. The molecule has 3 rings (SSSR count). The molecule has 0 radical (unpaired) electrons. The first-order chi connectivity index (χ1) is 14.3. The van der Waals surface area contributed by atoms with Crippen LogP contribution in [0.5, 0.6) is 5.75 Å². The summed E-state index contributed by atoms with van der Waals surface area (Å²) in [4.78, 5) is 13.2. The van der Waals surface area contributed by atoms with Crippen LogP contribution in [0.3, 0.4) is 0 Å². The minimum atomic E-state index is -1.03. The molecule has 0 saturated heterocycles. The minimum Gasteiger partial charge on any atom is -0.476 e. The van der Waals surface area contributed by atoms with Gasteiger partial charge in [-0.05, 0) is 58.4 Å². The predicted molar refractivity (Wildman–Crippen MR) is 122 cm³/mol. The number of rotatable bonds is 8. The average molecular weight is 443 g/mol. The number of hydrogen-bond acceptors (Lipinski definition) is 7. The zero-order valence-electron chi connectivity index (χ0n) is 17.9. The van der Waals surface area contributed by atoms with Crippen molar-refractivity contribution in [1.29, 1.82) is 0 Å². The van der Waals surface area contributed by atoms with Crippen LogP contribution in [0.15, 0.2) is 47.4 Å². The molecule has 7 heteroatoms. The zero-order valence-corrected chi connectivity index (χ0v) is 19.5. The Bertz CT molecular complexity index is 1010. The van der Waals surface area contributed by atoms with Crippen LogP contribution in [0.4, 0.5) is 0 Å². The molecule has 0 aliphatic carbocycles. The summed E-state index contributed by atoms with van der Waals surface area (Å²) >= 11 is 3.32. The highest BCUT2D eigenvalue weighted by Gasteiger charge is 2.32. The first kappa shape index (κ1) is 22.3. The smallest absolute Gasteiger partial charge is 0.349 e. The fraction of sp³-hybridized carbons (Fsp3) is 0.348. The Kier molecular flexibility index (Phi) is 7.15. The van der Waals surface area contributed by atoms with Crippen molar-refractivity contribution in [1.82, 2.24) is 10.2 Å². The maximum Gasteiger partial charge on any atom is 0.349 e. The van der Waals surface area contributed by atoms with Gasteiger partial charge in [0.1, 0.15) is 15.8 Å². The van der Waals surface area contributed by atoms with E-state index in [4.69, 9.17) is 9.47 Å². The second-order valence-electron chi connectivity index (χ2n) is 7.42. The molecule has 0 aliphatic rings. The third kappa shape index (κ3) is 5.61. The first-order valence-electron chi connectivity index (χ1n) is 9.77. The van der Waals surface area contributed by atoms with Crippen molar-refractivity contribution in [2.75, 3.05) is 6.61 Å². The monoisotopic (exact) mass is 442 g/mol. The van der Waals surface area contributed by atoms with E-state index in [2.05, 4.69) is 47.5 Å². The number of carbonyl (C=O) groups excluding carboxylic acids is 1. The average Bonchev–Trinajstić information content (AvgIpc) is 3.18. The van der Waals surface area contributed by atoms with Gasteiger partial charge in [0.25, 0.3) is 0 Å². The van der Waals surface area contributed by atoms with Crippen molar-refractivity contribution in [3.8, 4) is 16.3 Å². The quantitative estimate of drug-likeness (QED) is 0.323. The number of aromatic nitrogens is 2. The Balaban J connectivity index is 1.62. The molecule has 3 aromatic rings. The molecular weight excluding hydrogens is 416 g/mol. The van der Waals surface area contributed by atoms with E-state index in [0.29, 0.717) is 12.4 Å². The van der Waals surface area contributed by atoms with E-state index in [9.17, 15) is 4.79 Å². The van der Waals surface area contributed by atoms with E-state index in [1.165, 1.54) is 5.56 Å².